The molecule has 6 rings (SSSR count). The van der Waals surface area contributed by atoms with Crippen molar-refractivity contribution in [1.29, 1.82) is 0 Å². The van der Waals surface area contributed by atoms with E-state index in [9.17, 15) is 9.90 Å². The first-order chi connectivity index (χ1) is 23.3. The molecule has 3 heterocycles. The Morgan fingerprint density at radius 2 is 1.48 bits per heavy atom. The molecular formula is C43H50IrN3O3-. The summed E-state index contributed by atoms with van der Waals surface area (Å²) in [5.74, 6) is 1.29. The summed E-state index contributed by atoms with van der Waals surface area (Å²) in [6.07, 6.45) is 4.75. The quantitative estimate of drug-likeness (QED) is 0.0675. The number of aliphatic hydroxyl groups is 1. The van der Waals surface area contributed by atoms with E-state index >= 15 is 0 Å². The molecule has 3 aromatic heterocycles. The SMILES string of the molecule is CCC(C)(CC)C(=O)/C=C(\O)C(C)(CC)CC.Cc1ccc2c(n1)oc1c(-c3nc(C(C)C)nc4c3cc(C)c3ccccc34)[c-]ccc12.[Ir]. The van der Waals surface area contributed by atoms with Crippen LogP contribution in [0.3, 0.4) is 0 Å². The minimum atomic E-state index is -0.337. The molecule has 0 aliphatic heterocycles. The number of aromatic nitrogens is 3. The number of benzene rings is 3. The van der Waals surface area contributed by atoms with E-state index in [4.69, 9.17) is 14.4 Å². The monoisotopic (exact) mass is 849 g/mol. The van der Waals surface area contributed by atoms with Crippen LogP contribution in [0.1, 0.15) is 104 Å². The van der Waals surface area contributed by atoms with E-state index in [2.05, 4.69) is 68.2 Å². The number of allylic oxidation sites excluding steroid dienone is 2. The topological polar surface area (TPSA) is 89.1 Å². The van der Waals surface area contributed by atoms with Crippen molar-refractivity contribution in [2.45, 2.75) is 101 Å². The van der Waals surface area contributed by atoms with E-state index in [1.54, 1.807) is 0 Å². The number of aliphatic hydroxyl groups excluding tert-OH is 1. The van der Waals surface area contributed by atoms with Gasteiger partial charge in [-0.2, -0.15) is 0 Å². The van der Waals surface area contributed by atoms with Gasteiger partial charge in [0.2, 0.25) is 5.71 Å². The van der Waals surface area contributed by atoms with E-state index in [-0.39, 0.29) is 48.4 Å². The fraction of sp³-hybridized carbons (Fsp3) is 0.395. The second-order valence-corrected chi connectivity index (χ2v) is 14.2. The largest absolute Gasteiger partial charge is 0.512 e. The third-order valence-electron chi connectivity index (χ3n) is 10.7. The maximum atomic E-state index is 12.2. The van der Waals surface area contributed by atoms with Gasteiger partial charge in [0.15, 0.2) is 5.78 Å². The Bertz CT molecular complexity index is 2190. The van der Waals surface area contributed by atoms with Gasteiger partial charge in [0, 0.05) is 65.1 Å². The number of furan rings is 1. The number of pyridine rings is 1. The summed E-state index contributed by atoms with van der Waals surface area (Å²) in [5.41, 5.74) is 5.61. The number of carbonyl (C=O) groups is 1. The van der Waals surface area contributed by atoms with Crippen molar-refractivity contribution in [3.05, 3.63) is 89.6 Å². The molecule has 0 saturated carbocycles. The summed E-state index contributed by atoms with van der Waals surface area (Å²) in [6.45, 7) is 20.4. The van der Waals surface area contributed by atoms with Gasteiger partial charge in [0.05, 0.1) is 11.1 Å². The van der Waals surface area contributed by atoms with Crippen LogP contribution in [0.5, 0.6) is 0 Å². The van der Waals surface area contributed by atoms with E-state index in [1.165, 1.54) is 17.0 Å². The van der Waals surface area contributed by atoms with Gasteiger partial charge in [-0.1, -0.05) is 96.7 Å². The molecule has 1 N–H and O–H groups in total. The molecule has 7 heteroatoms. The molecule has 0 amide bonds. The van der Waals surface area contributed by atoms with Crippen LogP contribution in [0, 0.1) is 30.7 Å². The van der Waals surface area contributed by atoms with Crippen LogP contribution < -0.4 is 0 Å². The first kappa shape index (κ1) is 38.9. The average molecular weight is 849 g/mol. The maximum absolute atomic E-state index is 12.2. The Morgan fingerprint density at radius 1 is 0.840 bits per heavy atom. The molecule has 6 aromatic rings. The van der Waals surface area contributed by atoms with E-state index in [0.717, 1.165) is 81.1 Å². The first-order valence-electron chi connectivity index (χ1n) is 17.7. The summed E-state index contributed by atoms with van der Waals surface area (Å²) >= 11 is 0. The van der Waals surface area contributed by atoms with E-state index < -0.39 is 0 Å². The minimum absolute atomic E-state index is 0. The van der Waals surface area contributed by atoms with E-state index in [0.29, 0.717) is 5.71 Å². The number of carbonyl (C=O) groups excluding carboxylic acids is 1. The Morgan fingerprint density at radius 3 is 2.10 bits per heavy atom. The molecule has 0 spiro atoms. The Labute approximate surface area is 310 Å². The summed E-state index contributed by atoms with van der Waals surface area (Å²) in [5, 5.41) is 15.5. The second kappa shape index (κ2) is 15.5. The number of nitrogens with zero attached hydrogens (tertiary/aromatic N) is 3. The molecule has 3 aromatic carbocycles. The third-order valence-corrected chi connectivity index (χ3v) is 10.7. The molecule has 0 aliphatic rings. The second-order valence-electron chi connectivity index (χ2n) is 14.2. The zero-order valence-corrected chi connectivity index (χ0v) is 33.5. The standard InChI is InChI=1S/C28H22N3O.C15H28O2.Ir/c1-15(2)27-30-24-19-9-6-5-8-18(19)16(3)14-23(24)25(31-27)22-11-7-10-20-21-13-12-17(4)29-28(21)32-26(20)22;1-7-14(5,8-2)12(16)11-13(17)15(6,9-3)10-4;/h5-10,12-15H,1-4H3;11,16H,7-10H2,1-6H3;/q-1;;/b;12-11-;. The van der Waals surface area contributed by atoms with Gasteiger partial charge in [0.25, 0.3) is 0 Å². The van der Waals surface area contributed by atoms with Gasteiger partial charge in [0.1, 0.15) is 11.6 Å². The van der Waals surface area contributed by atoms with Crippen molar-refractivity contribution < 1.29 is 34.4 Å². The van der Waals surface area contributed by atoms with Crippen LogP contribution in [0.25, 0.3) is 55.0 Å². The summed E-state index contributed by atoms with van der Waals surface area (Å²) in [7, 11) is 0. The number of aryl methyl sites for hydroxylation is 2. The molecule has 265 valence electrons. The smallest absolute Gasteiger partial charge is 0.216 e. The normalized spacial score (nSPS) is 12.4. The number of hydrogen-bond donors (Lipinski definition) is 1. The van der Waals surface area contributed by atoms with Crippen LogP contribution in [-0.2, 0) is 24.9 Å². The van der Waals surface area contributed by atoms with Crippen molar-refractivity contribution in [1.82, 2.24) is 15.0 Å². The van der Waals surface area contributed by atoms with Crippen LogP contribution in [0.15, 0.2) is 70.8 Å². The van der Waals surface area contributed by atoms with Crippen molar-refractivity contribution in [3.8, 4) is 11.3 Å². The van der Waals surface area contributed by atoms with Gasteiger partial charge in [-0.25, -0.2) is 9.97 Å². The molecular weight excluding hydrogens is 799 g/mol. The molecule has 1 radical (unpaired) electrons. The van der Waals surface area contributed by atoms with Crippen molar-refractivity contribution >= 4 is 49.5 Å². The molecule has 50 heavy (non-hydrogen) atoms. The Balaban J connectivity index is 0.000000269. The Hall–Kier alpha value is -3.93. The molecule has 0 saturated heterocycles. The van der Waals surface area contributed by atoms with E-state index in [1.807, 2.05) is 66.7 Å². The number of rotatable bonds is 9. The van der Waals surface area contributed by atoms with Gasteiger partial charge < -0.3 is 9.52 Å². The first-order valence-corrected chi connectivity index (χ1v) is 17.7. The molecule has 0 unspecified atom stereocenters. The maximum Gasteiger partial charge on any atom is 0.216 e. The van der Waals surface area contributed by atoms with Gasteiger partial charge in [-0.15, -0.1) is 18.2 Å². The van der Waals surface area contributed by atoms with Crippen LogP contribution >= 0.6 is 0 Å². The molecule has 0 atom stereocenters. The fourth-order valence-corrected chi connectivity index (χ4v) is 6.18. The predicted molar refractivity (Wildman–Crippen MR) is 203 cm³/mol. The van der Waals surface area contributed by atoms with Crippen LogP contribution in [0.2, 0.25) is 0 Å². The molecule has 0 aliphatic carbocycles. The zero-order chi connectivity index (χ0) is 35.7. The Kier molecular flexibility index (Phi) is 12.1. The number of hydrogen-bond acceptors (Lipinski definition) is 6. The van der Waals surface area contributed by atoms with Gasteiger partial charge >= 0.3 is 0 Å². The predicted octanol–water partition coefficient (Wildman–Crippen LogP) is 11.9. The molecule has 0 fully saturated rings. The fourth-order valence-electron chi connectivity index (χ4n) is 6.18. The number of fused-ring (bicyclic) bond motifs is 6. The summed E-state index contributed by atoms with van der Waals surface area (Å²) in [4.78, 5) is 26.8. The van der Waals surface area contributed by atoms with Crippen molar-refractivity contribution in [2.75, 3.05) is 0 Å². The summed E-state index contributed by atoms with van der Waals surface area (Å²) < 4.78 is 6.28. The molecule has 6 nitrogen and oxygen atoms in total. The average Bonchev–Trinajstić information content (AvgIpc) is 3.48. The summed E-state index contributed by atoms with van der Waals surface area (Å²) in [6, 6.07) is 22.1. The minimum Gasteiger partial charge on any atom is -0.512 e. The van der Waals surface area contributed by atoms with Crippen LogP contribution in [-0.4, -0.2) is 25.8 Å². The van der Waals surface area contributed by atoms with Crippen molar-refractivity contribution in [2.24, 2.45) is 10.8 Å². The van der Waals surface area contributed by atoms with Crippen molar-refractivity contribution in [3.63, 3.8) is 0 Å². The molecule has 0 bridgehead atoms. The van der Waals surface area contributed by atoms with Crippen LogP contribution in [0.4, 0.5) is 0 Å². The zero-order valence-electron chi connectivity index (χ0n) is 31.1. The number of ketones is 1. The van der Waals surface area contributed by atoms with Gasteiger partial charge in [-0.3, -0.25) is 9.78 Å². The third kappa shape index (κ3) is 7.27. The van der Waals surface area contributed by atoms with Gasteiger partial charge in [-0.05, 0) is 68.0 Å².